The fourth-order valence-corrected chi connectivity index (χ4v) is 1.62. The van der Waals surface area contributed by atoms with Gasteiger partial charge in [0.2, 0.25) is 0 Å². The third-order valence-corrected chi connectivity index (χ3v) is 2.97. The maximum atomic E-state index is 12.6. The van der Waals surface area contributed by atoms with Crippen molar-refractivity contribution in [3.63, 3.8) is 0 Å². The predicted molar refractivity (Wildman–Crippen MR) is 55.8 cm³/mol. The molecule has 0 atom stereocenters. The minimum atomic E-state index is -0.741. The van der Waals surface area contributed by atoms with E-state index in [2.05, 4.69) is 0 Å². The molecule has 4 heteroatoms. The summed E-state index contributed by atoms with van der Waals surface area (Å²) in [4.78, 5) is 10.9. The summed E-state index contributed by atoms with van der Waals surface area (Å²) in [6.07, 6.45) is 1.98. The zero-order valence-corrected chi connectivity index (χ0v) is 8.78. The summed E-state index contributed by atoms with van der Waals surface area (Å²) in [5, 5.41) is 8.93. The number of aliphatic carboxylic acids is 1. The smallest absolute Gasteiger partial charge is 0.309 e. The Hall–Kier alpha value is -1.58. The van der Waals surface area contributed by atoms with Crippen LogP contribution in [-0.4, -0.2) is 17.7 Å². The zero-order chi connectivity index (χ0) is 11.6. The summed E-state index contributed by atoms with van der Waals surface area (Å²) in [7, 11) is 0. The van der Waals surface area contributed by atoms with E-state index in [1.807, 2.05) is 0 Å². The average molecular weight is 224 g/mol. The highest BCUT2D eigenvalue weighted by atomic mass is 19.1. The van der Waals surface area contributed by atoms with Crippen LogP contribution >= 0.6 is 0 Å². The van der Waals surface area contributed by atoms with Crippen LogP contribution in [0.1, 0.15) is 19.3 Å². The number of rotatable bonds is 5. The molecule has 1 aromatic rings. The molecule has 86 valence electrons. The second-order valence-corrected chi connectivity index (χ2v) is 4.14. The van der Waals surface area contributed by atoms with Crippen LogP contribution in [0.3, 0.4) is 0 Å². The van der Waals surface area contributed by atoms with Crippen molar-refractivity contribution < 1.29 is 19.0 Å². The molecule has 1 aliphatic rings. The van der Waals surface area contributed by atoms with Gasteiger partial charge in [-0.1, -0.05) is 0 Å². The van der Waals surface area contributed by atoms with Gasteiger partial charge in [0.1, 0.15) is 11.6 Å². The van der Waals surface area contributed by atoms with E-state index in [1.54, 1.807) is 0 Å². The first-order chi connectivity index (χ1) is 7.62. The third kappa shape index (κ3) is 2.32. The maximum absolute atomic E-state index is 12.6. The first-order valence-corrected chi connectivity index (χ1v) is 5.24. The van der Waals surface area contributed by atoms with Gasteiger partial charge in [-0.25, -0.2) is 4.39 Å². The molecule has 0 amide bonds. The Bertz CT molecular complexity index is 382. The number of hydrogen-bond acceptors (Lipinski definition) is 2. The predicted octanol–water partition coefficient (Wildman–Crippen LogP) is 2.46. The molecule has 0 aromatic heterocycles. The van der Waals surface area contributed by atoms with E-state index in [1.165, 1.54) is 24.3 Å². The molecule has 0 saturated heterocycles. The Morgan fingerprint density at radius 3 is 2.50 bits per heavy atom. The van der Waals surface area contributed by atoms with E-state index in [9.17, 15) is 9.18 Å². The highest BCUT2D eigenvalue weighted by molar-refractivity contribution is 5.77. The number of benzene rings is 1. The van der Waals surface area contributed by atoms with Crippen LogP contribution in [-0.2, 0) is 4.79 Å². The summed E-state index contributed by atoms with van der Waals surface area (Å²) >= 11 is 0. The van der Waals surface area contributed by atoms with Crippen molar-refractivity contribution in [2.45, 2.75) is 19.3 Å². The van der Waals surface area contributed by atoms with E-state index >= 15 is 0 Å². The molecule has 1 aromatic carbocycles. The Morgan fingerprint density at radius 2 is 2.00 bits per heavy atom. The van der Waals surface area contributed by atoms with Crippen molar-refractivity contribution in [1.29, 1.82) is 0 Å². The number of carbonyl (C=O) groups is 1. The monoisotopic (exact) mass is 224 g/mol. The van der Waals surface area contributed by atoms with Crippen molar-refractivity contribution in [3.05, 3.63) is 30.1 Å². The standard InChI is InChI=1S/C12H13FO3/c13-9-1-3-10(4-2-9)16-8-7-12(5-6-12)11(14)15/h1-4H,5-8H2,(H,14,15). The molecule has 16 heavy (non-hydrogen) atoms. The van der Waals surface area contributed by atoms with Crippen molar-refractivity contribution in [2.24, 2.45) is 5.41 Å². The first-order valence-electron chi connectivity index (χ1n) is 5.24. The van der Waals surface area contributed by atoms with Gasteiger partial charge in [0, 0.05) is 0 Å². The summed E-state index contributed by atoms with van der Waals surface area (Å²) in [5.74, 6) is -0.477. The number of ether oxygens (including phenoxy) is 1. The lowest BCUT2D eigenvalue weighted by Crippen LogP contribution is -2.17. The van der Waals surface area contributed by atoms with Crippen LogP contribution in [0.4, 0.5) is 4.39 Å². The minimum Gasteiger partial charge on any atom is -0.494 e. The van der Waals surface area contributed by atoms with E-state index in [0.29, 0.717) is 18.8 Å². The SMILES string of the molecule is O=C(O)C1(CCOc2ccc(F)cc2)CC1. The first kappa shape index (κ1) is 10.9. The largest absolute Gasteiger partial charge is 0.494 e. The number of hydrogen-bond donors (Lipinski definition) is 1. The highest BCUT2D eigenvalue weighted by Gasteiger charge is 2.49. The van der Waals surface area contributed by atoms with Gasteiger partial charge >= 0.3 is 5.97 Å². The Balaban J connectivity index is 1.80. The van der Waals surface area contributed by atoms with Gasteiger partial charge in [0.25, 0.3) is 0 Å². The second kappa shape index (κ2) is 4.12. The molecule has 1 N–H and O–H groups in total. The molecule has 0 aliphatic heterocycles. The van der Waals surface area contributed by atoms with Crippen LogP contribution in [0.25, 0.3) is 0 Å². The van der Waals surface area contributed by atoms with Gasteiger partial charge in [-0.3, -0.25) is 4.79 Å². The molecule has 1 saturated carbocycles. The number of halogens is 1. The third-order valence-electron chi connectivity index (χ3n) is 2.97. The summed E-state index contributed by atoms with van der Waals surface area (Å²) in [5.41, 5.74) is -0.556. The zero-order valence-electron chi connectivity index (χ0n) is 8.78. The molecule has 0 heterocycles. The van der Waals surface area contributed by atoms with Crippen LogP contribution < -0.4 is 4.74 Å². The summed E-state index contributed by atoms with van der Waals surface area (Å²) in [6, 6.07) is 5.71. The number of carboxylic acid groups (broad SMARTS) is 1. The summed E-state index contributed by atoms with van der Waals surface area (Å²) < 4.78 is 17.9. The quantitative estimate of drug-likeness (QED) is 0.835. The summed E-state index contributed by atoms with van der Waals surface area (Å²) in [6.45, 7) is 0.359. The molecule has 0 spiro atoms. The minimum absolute atomic E-state index is 0.309. The lowest BCUT2D eigenvalue weighted by Gasteiger charge is -2.10. The molecule has 0 bridgehead atoms. The van der Waals surface area contributed by atoms with Crippen molar-refractivity contribution >= 4 is 5.97 Å². The van der Waals surface area contributed by atoms with Gasteiger partial charge in [-0.2, -0.15) is 0 Å². The molecule has 3 nitrogen and oxygen atoms in total. The van der Waals surface area contributed by atoms with Crippen LogP contribution in [0, 0.1) is 11.2 Å². The lowest BCUT2D eigenvalue weighted by atomic mass is 10.0. The normalized spacial score (nSPS) is 16.8. The van der Waals surface area contributed by atoms with Gasteiger partial charge in [0.15, 0.2) is 0 Å². The Labute approximate surface area is 92.9 Å². The molecular formula is C12H13FO3. The van der Waals surface area contributed by atoms with Gasteiger partial charge in [0.05, 0.1) is 12.0 Å². The molecule has 1 fully saturated rings. The average Bonchev–Trinajstić information content (AvgIpc) is 3.02. The molecule has 2 rings (SSSR count). The number of carboxylic acids is 1. The molecule has 1 aliphatic carbocycles. The maximum Gasteiger partial charge on any atom is 0.309 e. The van der Waals surface area contributed by atoms with Gasteiger partial charge in [-0.15, -0.1) is 0 Å². The molecule has 0 unspecified atom stereocenters. The lowest BCUT2D eigenvalue weighted by molar-refractivity contribution is -0.143. The van der Waals surface area contributed by atoms with Gasteiger partial charge < -0.3 is 9.84 Å². The van der Waals surface area contributed by atoms with E-state index in [0.717, 1.165) is 12.8 Å². The van der Waals surface area contributed by atoms with Gasteiger partial charge in [-0.05, 0) is 43.5 Å². The highest BCUT2D eigenvalue weighted by Crippen LogP contribution is 2.48. The van der Waals surface area contributed by atoms with E-state index in [-0.39, 0.29) is 5.82 Å². The van der Waals surface area contributed by atoms with Crippen molar-refractivity contribution in [1.82, 2.24) is 0 Å². The van der Waals surface area contributed by atoms with Crippen molar-refractivity contribution in [3.8, 4) is 5.75 Å². The van der Waals surface area contributed by atoms with Crippen LogP contribution in [0.5, 0.6) is 5.75 Å². The van der Waals surface area contributed by atoms with E-state index in [4.69, 9.17) is 9.84 Å². The Morgan fingerprint density at radius 1 is 1.38 bits per heavy atom. The topological polar surface area (TPSA) is 46.5 Å². The second-order valence-electron chi connectivity index (χ2n) is 4.14. The molecule has 0 radical (unpaired) electrons. The molecular weight excluding hydrogens is 211 g/mol. The fraction of sp³-hybridized carbons (Fsp3) is 0.417. The van der Waals surface area contributed by atoms with E-state index < -0.39 is 11.4 Å². The Kier molecular flexibility index (Phi) is 2.81. The van der Waals surface area contributed by atoms with Crippen LogP contribution in [0.2, 0.25) is 0 Å². The fourth-order valence-electron chi connectivity index (χ4n) is 1.62. The van der Waals surface area contributed by atoms with Crippen LogP contribution in [0.15, 0.2) is 24.3 Å². The van der Waals surface area contributed by atoms with Crippen molar-refractivity contribution in [2.75, 3.05) is 6.61 Å².